The van der Waals surface area contributed by atoms with Crippen molar-refractivity contribution in [3.05, 3.63) is 17.0 Å². The maximum atomic E-state index is 5.72. The zero-order chi connectivity index (χ0) is 11.4. The van der Waals surface area contributed by atoms with Gasteiger partial charge in [-0.25, -0.2) is 4.98 Å². The van der Waals surface area contributed by atoms with E-state index in [0.717, 1.165) is 0 Å². The minimum absolute atomic E-state index is 0.134. The molecule has 16 heavy (non-hydrogen) atoms. The number of anilines is 2. The lowest BCUT2D eigenvalue weighted by molar-refractivity contribution is 0.881. The summed E-state index contributed by atoms with van der Waals surface area (Å²) in [5.41, 5.74) is 5.44. The van der Waals surface area contributed by atoms with Crippen LogP contribution in [0.25, 0.3) is 0 Å². The molecule has 2 aromatic heterocycles. The third-order valence-electron chi connectivity index (χ3n) is 1.76. The van der Waals surface area contributed by atoms with Crippen LogP contribution in [0.5, 0.6) is 0 Å². The third-order valence-corrected chi connectivity index (χ3v) is 1.95. The van der Waals surface area contributed by atoms with Gasteiger partial charge in [-0.2, -0.15) is 10.2 Å². The summed E-state index contributed by atoms with van der Waals surface area (Å²) < 4.78 is 0. The first-order chi connectivity index (χ1) is 7.74. The molecule has 0 aliphatic heterocycles. The van der Waals surface area contributed by atoms with Gasteiger partial charge in [0.25, 0.3) is 0 Å². The normalized spacial score (nSPS) is 10.3. The average molecular weight is 241 g/mol. The molecule has 0 radical (unpaired) electrons. The number of hydrogen-bond donors (Lipinski definition) is 3. The Bertz CT molecular complexity index is 435. The van der Waals surface area contributed by atoms with E-state index >= 15 is 0 Å². The molecule has 2 rings (SSSR count). The van der Waals surface area contributed by atoms with Gasteiger partial charge in [-0.3, -0.25) is 0 Å². The van der Waals surface area contributed by atoms with Crippen molar-refractivity contribution >= 4 is 23.4 Å². The molecule has 0 aromatic carbocycles. The first-order valence-corrected chi connectivity index (χ1v) is 4.88. The van der Waals surface area contributed by atoms with Gasteiger partial charge in [0.15, 0.2) is 5.82 Å². The molecule has 0 unspecified atom stereocenters. The fraction of sp³-hybridized carbons (Fsp3) is 0.286. The van der Waals surface area contributed by atoms with Crippen LogP contribution in [0.1, 0.15) is 5.82 Å². The number of nitrogens with two attached hydrogens (primary N) is 1. The van der Waals surface area contributed by atoms with Crippen LogP contribution in [-0.4, -0.2) is 37.1 Å². The average Bonchev–Trinajstić information content (AvgIpc) is 2.69. The number of rotatable bonds is 4. The van der Waals surface area contributed by atoms with Gasteiger partial charge in [0.05, 0.1) is 0 Å². The topological polar surface area (TPSA) is 118 Å². The van der Waals surface area contributed by atoms with E-state index < -0.39 is 0 Å². The maximum absolute atomic E-state index is 5.72. The third kappa shape index (κ3) is 2.76. The molecule has 0 atom stereocenters. The van der Waals surface area contributed by atoms with Crippen LogP contribution in [0, 0.1) is 0 Å². The van der Waals surface area contributed by atoms with E-state index in [0.29, 0.717) is 29.8 Å². The minimum Gasteiger partial charge on any atom is -0.369 e. The van der Waals surface area contributed by atoms with E-state index in [-0.39, 0.29) is 5.95 Å². The van der Waals surface area contributed by atoms with Crippen molar-refractivity contribution in [3.8, 4) is 0 Å². The molecule has 2 aromatic rings. The highest BCUT2D eigenvalue weighted by Gasteiger charge is 2.01. The molecule has 0 amide bonds. The first kappa shape index (κ1) is 10.6. The molecule has 0 saturated carbocycles. The van der Waals surface area contributed by atoms with Gasteiger partial charge >= 0.3 is 0 Å². The van der Waals surface area contributed by atoms with E-state index in [2.05, 4.69) is 35.9 Å². The molecule has 0 bridgehead atoms. The highest BCUT2D eigenvalue weighted by Crippen LogP contribution is 2.11. The van der Waals surface area contributed by atoms with Crippen molar-refractivity contribution in [3.63, 3.8) is 0 Å². The Morgan fingerprint density at radius 1 is 1.44 bits per heavy atom. The largest absolute Gasteiger partial charge is 0.369 e. The standard InChI is InChI=1S/C7H9ClN8/c8-4-3-6(12-7(9)11-4)10-2-1-5-13-15-16-14-5/h3H,1-2H2,(H3,9,10,11,12)(H,13,14,15,16). The lowest BCUT2D eigenvalue weighted by Gasteiger charge is -2.04. The van der Waals surface area contributed by atoms with E-state index in [9.17, 15) is 0 Å². The lowest BCUT2D eigenvalue weighted by Crippen LogP contribution is -2.08. The molecule has 0 saturated heterocycles. The highest BCUT2D eigenvalue weighted by molar-refractivity contribution is 6.29. The van der Waals surface area contributed by atoms with Gasteiger partial charge in [-0.1, -0.05) is 16.8 Å². The summed E-state index contributed by atoms with van der Waals surface area (Å²) in [6, 6.07) is 1.59. The van der Waals surface area contributed by atoms with E-state index in [1.807, 2.05) is 0 Å². The fourth-order valence-electron chi connectivity index (χ4n) is 1.12. The molecule has 8 nitrogen and oxygen atoms in total. The predicted molar refractivity (Wildman–Crippen MR) is 57.8 cm³/mol. The second-order valence-corrected chi connectivity index (χ2v) is 3.33. The minimum atomic E-state index is 0.134. The molecular formula is C7H9ClN8. The van der Waals surface area contributed by atoms with Gasteiger partial charge in [-0.05, 0) is 0 Å². The Hall–Kier alpha value is -1.96. The number of nitrogen functional groups attached to an aromatic ring is 1. The first-order valence-electron chi connectivity index (χ1n) is 4.50. The van der Waals surface area contributed by atoms with Crippen LogP contribution in [0.2, 0.25) is 5.15 Å². The Morgan fingerprint density at radius 2 is 2.31 bits per heavy atom. The maximum Gasteiger partial charge on any atom is 0.223 e. The Balaban J connectivity index is 1.89. The molecule has 84 valence electrons. The molecule has 2 heterocycles. The SMILES string of the molecule is Nc1nc(Cl)cc(NCCc2nn[nH]n2)n1. The molecule has 4 N–H and O–H groups in total. The van der Waals surface area contributed by atoms with Crippen molar-refractivity contribution < 1.29 is 0 Å². The molecule has 0 spiro atoms. The number of nitrogens with zero attached hydrogens (tertiary/aromatic N) is 5. The van der Waals surface area contributed by atoms with Crippen LogP contribution in [0.3, 0.4) is 0 Å². The van der Waals surface area contributed by atoms with E-state index in [4.69, 9.17) is 17.3 Å². The van der Waals surface area contributed by atoms with Gasteiger partial charge in [0.2, 0.25) is 5.95 Å². The number of halogens is 1. The van der Waals surface area contributed by atoms with Crippen LogP contribution in [0.4, 0.5) is 11.8 Å². The number of H-pyrrole nitrogens is 1. The zero-order valence-electron chi connectivity index (χ0n) is 8.18. The van der Waals surface area contributed by atoms with Gasteiger partial charge in [0, 0.05) is 19.0 Å². The van der Waals surface area contributed by atoms with Gasteiger partial charge < -0.3 is 11.1 Å². The highest BCUT2D eigenvalue weighted by atomic mass is 35.5. The Kier molecular flexibility index (Phi) is 3.10. The van der Waals surface area contributed by atoms with Crippen LogP contribution < -0.4 is 11.1 Å². The summed E-state index contributed by atoms with van der Waals surface area (Å²) in [5.74, 6) is 1.33. The van der Waals surface area contributed by atoms with E-state index in [1.54, 1.807) is 6.07 Å². The van der Waals surface area contributed by atoms with Crippen molar-refractivity contribution in [1.29, 1.82) is 0 Å². The smallest absolute Gasteiger partial charge is 0.223 e. The van der Waals surface area contributed by atoms with E-state index in [1.165, 1.54) is 0 Å². The summed E-state index contributed by atoms with van der Waals surface area (Å²) in [6.45, 7) is 0.603. The molecule has 0 aliphatic carbocycles. The van der Waals surface area contributed by atoms with Crippen molar-refractivity contribution in [1.82, 2.24) is 30.6 Å². The van der Waals surface area contributed by atoms with Crippen LogP contribution >= 0.6 is 11.6 Å². The molecule has 0 fully saturated rings. The second-order valence-electron chi connectivity index (χ2n) is 2.94. The molecule has 0 aliphatic rings. The predicted octanol–water partition coefficient (Wildman–Crippen LogP) is -0.120. The number of nitrogens with one attached hydrogen (secondary N) is 2. The summed E-state index contributed by atoms with van der Waals surface area (Å²) >= 11 is 5.72. The van der Waals surface area contributed by atoms with Gasteiger partial charge in [-0.15, -0.1) is 10.2 Å². The number of tetrazole rings is 1. The fourth-order valence-corrected chi connectivity index (χ4v) is 1.31. The van der Waals surface area contributed by atoms with Crippen LogP contribution in [-0.2, 0) is 6.42 Å². The second kappa shape index (κ2) is 4.71. The molecular weight excluding hydrogens is 232 g/mol. The summed E-state index contributed by atoms with van der Waals surface area (Å²) in [4.78, 5) is 7.70. The van der Waals surface area contributed by atoms with Crippen molar-refractivity contribution in [2.75, 3.05) is 17.6 Å². The van der Waals surface area contributed by atoms with Crippen LogP contribution in [0.15, 0.2) is 6.07 Å². The number of aromatic amines is 1. The summed E-state index contributed by atoms with van der Waals surface area (Å²) in [5, 5.41) is 16.8. The Morgan fingerprint density at radius 3 is 3.00 bits per heavy atom. The zero-order valence-corrected chi connectivity index (χ0v) is 8.94. The number of hydrogen-bond acceptors (Lipinski definition) is 7. The quantitative estimate of drug-likeness (QED) is 0.638. The molecule has 9 heteroatoms. The van der Waals surface area contributed by atoms with Crippen molar-refractivity contribution in [2.45, 2.75) is 6.42 Å². The lowest BCUT2D eigenvalue weighted by atomic mass is 10.4. The van der Waals surface area contributed by atoms with Gasteiger partial charge in [0.1, 0.15) is 11.0 Å². The summed E-state index contributed by atoms with van der Waals surface area (Å²) in [7, 11) is 0. The van der Waals surface area contributed by atoms with Crippen molar-refractivity contribution in [2.24, 2.45) is 0 Å². The Labute approximate surface area is 95.6 Å². The monoisotopic (exact) mass is 240 g/mol. The number of aromatic nitrogens is 6. The summed E-state index contributed by atoms with van der Waals surface area (Å²) in [6.07, 6.45) is 0.623.